The van der Waals surface area contributed by atoms with Crippen LogP contribution in [-0.2, 0) is 5.41 Å². The lowest BCUT2D eigenvalue weighted by Gasteiger charge is -2.17. The maximum Gasteiger partial charge on any atom is 0.141 e. The monoisotopic (exact) mass is 298 g/mol. The molecule has 1 aromatic carbocycles. The number of halogens is 3. The van der Waals surface area contributed by atoms with Crippen LogP contribution in [0.1, 0.15) is 26.6 Å². The molecule has 0 aliphatic rings. The molecule has 0 fully saturated rings. The van der Waals surface area contributed by atoms with Crippen LogP contribution in [0, 0.1) is 5.82 Å². The van der Waals surface area contributed by atoms with E-state index in [0.29, 0.717) is 22.2 Å². The Bertz CT molecular complexity index is 621. The first-order valence-electron chi connectivity index (χ1n) is 5.78. The van der Waals surface area contributed by atoms with Crippen molar-refractivity contribution < 1.29 is 4.39 Å². The van der Waals surface area contributed by atoms with Gasteiger partial charge >= 0.3 is 0 Å². The smallest absolute Gasteiger partial charge is 0.141 e. The topological polar surface area (TPSA) is 25.8 Å². The van der Waals surface area contributed by atoms with Gasteiger partial charge in [0.25, 0.3) is 0 Å². The lowest BCUT2D eigenvalue weighted by molar-refractivity contribution is 0.546. The van der Waals surface area contributed by atoms with Gasteiger partial charge in [-0.25, -0.2) is 14.4 Å². The zero-order chi connectivity index (χ0) is 14.2. The first kappa shape index (κ1) is 14.2. The molecule has 2 rings (SSSR count). The van der Waals surface area contributed by atoms with Gasteiger partial charge in [-0.05, 0) is 18.2 Å². The molecule has 0 unspecified atom stereocenters. The lowest BCUT2D eigenvalue weighted by Crippen LogP contribution is -2.16. The van der Waals surface area contributed by atoms with Gasteiger partial charge in [-0.15, -0.1) is 0 Å². The van der Waals surface area contributed by atoms with Gasteiger partial charge in [0.05, 0.1) is 10.7 Å². The van der Waals surface area contributed by atoms with Crippen molar-refractivity contribution in [3.63, 3.8) is 0 Å². The molecule has 0 amide bonds. The average molecular weight is 299 g/mol. The third-order valence-electron chi connectivity index (χ3n) is 2.58. The van der Waals surface area contributed by atoms with Crippen LogP contribution in [0.4, 0.5) is 4.39 Å². The Morgan fingerprint density at radius 2 is 1.74 bits per heavy atom. The minimum Gasteiger partial charge on any atom is -0.232 e. The van der Waals surface area contributed by atoms with Crippen LogP contribution in [0.25, 0.3) is 11.3 Å². The van der Waals surface area contributed by atoms with Crippen molar-refractivity contribution in [2.24, 2.45) is 0 Å². The SMILES string of the molecule is CC(C)(C)c1nc(Cl)cc(-c2ccc(F)c(Cl)c2)n1. The summed E-state index contributed by atoms with van der Waals surface area (Å²) >= 11 is 11.8. The van der Waals surface area contributed by atoms with Crippen LogP contribution >= 0.6 is 23.2 Å². The van der Waals surface area contributed by atoms with Crippen LogP contribution in [0.15, 0.2) is 24.3 Å². The fourth-order valence-corrected chi connectivity index (χ4v) is 1.92. The highest BCUT2D eigenvalue weighted by Crippen LogP contribution is 2.27. The molecule has 2 aromatic rings. The van der Waals surface area contributed by atoms with Gasteiger partial charge in [-0.2, -0.15) is 0 Å². The van der Waals surface area contributed by atoms with Gasteiger partial charge in [0.15, 0.2) is 0 Å². The van der Waals surface area contributed by atoms with E-state index < -0.39 is 5.82 Å². The van der Waals surface area contributed by atoms with Crippen LogP contribution in [-0.4, -0.2) is 9.97 Å². The number of hydrogen-bond donors (Lipinski definition) is 0. The molecule has 0 aliphatic carbocycles. The minimum atomic E-state index is -0.457. The Kier molecular flexibility index (Phi) is 3.79. The molecule has 2 nitrogen and oxygen atoms in total. The number of hydrogen-bond acceptors (Lipinski definition) is 2. The summed E-state index contributed by atoms with van der Waals surface area (Å²) in [5, 5.41) is 0.417. The van der Waals surface area contributed by atoms with E-state index in [0.717, 1.165) is 0 Å². The third-order valence-corrected chi connectivity index (χ3v) is 3.06. The molecule has 19 heavy (non-hydrogen) atoms. The molecule has 0 saturated heterocycles. The molecule has 1 aromatic heterocycles. The van der Waals surface area contributed by atoms with E-state index in [-0.39, 0.29) is 10.4 Å². The average Bonchev–Trinajstić information content (AvgIpc) is 2.31. The molecule has 0 aliphatic heterocycles. The Balaban J connectivity index is 2.56. The fraction of sp³-hybridized carbons (Fsp3) is 0.286. The van der Waals surface area contributed by atoms with Crippen molar-refractivity contribution in [2.75, 3.05) is 0 Å². The fourth-order valence-electron chi connectivity index (χ4n) is 1.56. The summed E-state index contributed by atoms with van der Waals surface area (Å²) in [6, 6.07) is 6.10. The highest BCUT2D eigenvalue weighted by molar-refractivity contribution is 6.31. The predicted molar refractivity (Wildman–Crippen MR) is 76.1 cm³/mol. The summed E-state index contributed by atoms with van der Waals surface area (Å²) in [4.78, 5) is 8.69. The summed E-state index contributed by atoms with van der Waals surface area (Å²) < 4.78 is 13.2. The van der Waals surface area contributed by atoms with Crippen molar-refractivity contribution in [3.05, 3.63) is 46.1 Å². The molecule has 0 radical (unpaired) electrons. The van der Waals surface area contributed by atoms with E-state index in [1.54, 1.807) is 12.1 Å². The van der Waals surface area contributed by atoms with Crippen molar-refractivity contribution in [3.8, 4) is 11.3 Å². The molecule has 0 spiro atoms. The number of rotatable bonds is 1. The maximum absolute atomic E-state index is 13.2. The highest BCUT2D eigenvalue weighted by Gasteiger charge is 2.19. The Hall–Kier alpha value is -1.19. The summed E-state index contributed by atoms with van der Waals surface area (Å²) in [6.45, 7) is 6.00. The van der Waals surface area contributed by atoms with Crippen LogP contribution in [0.5, 0.6) is 0 Å². The van der Waals surface area contributed by atoms with Gasteiger partial charge in [-0.1, -0.05) is 44.0 Å². The van der Waals surface area contributed by atoms with Crippen LogP contribution in [0.3, 0.4) is 0 Å². The molecule has 0 bridgehead atoms. The molecular formula is C14H13Cl2FN2. The maximum atomic E-state index is 13.2. The summed E-state index contributed by atoms with van der Waals surface area (Å²) in [5.74, 6) is 0.178. The molecule has 0 saturated carbocycles. The van der Waals surface area contributed by atoms with Crippen molar-refractivity contribution in [1.29, 1.82) is 0 Å². The summed E-state index contributed by atoms with van der Waals surface area (Å²) in [5.41, 5.74) is 1.12. The van der Waals surface area contributed by atoms with E-state index in [4.69, 9.17) is 23.2 Å². The number of nitrogens with zero attached hydrogens (tertiary/aromatic N) is 2. The zero-order valence-corrected chi connectivity index (χ0v) is 12.3. The second-order valence-corrected chi connectivity index (χ2v) is 6.07. The summed E-state index contributed by atoms with van der Waals surface area (Å²) in [6.07, 6.45) is 0. The third kappa shape index (κ3) is 3.23. The first-order valence-corrected chi connectivity index (χ1v) is 6.53. The van der Waals surface area contributed by atoms with Gasteiger partial charge < -0.3 is 0 Å². The normalized spacial score (nSPS) is 11.7. The van der Waals surface area contributed by atoms with Crippen molar-refractivity contribution in [2.45, 2.75) is 26.2 Å². The molecule has 1 heterocycles. The largest absolute Gasteiger partial charge is 0.232 e. The standard InChI is InChI=1S/C14H13Cl2FN2/c1-14(2,3)13-18-11(7-12(16)19-13)8-4-5-10(17)9(15)6-8/h4-7H,1-3H3. The van der Waals surface area contributed by atoms with E-state index in [9.17, 15) is 4.39 Å². The Morgan fingerprint density at radius 1 is 1.05 bits per heavy atom. The van der Waals surface area contributed by atoms with Gasteiger partial charge in [0, 0.05) is 17.0 Å². The van der Waals surface area contributed by atoms with Gasteiger partial charge in [0.1, 0.15) is 16.8 Å². The van der Waals surface area contributed by atoms with Crippen LogP contribution in [0.2, 0.25) is 10.2 Å². The van der Waals surface area contributed by atoms with E-state index in [1.807, 2.05) is 20.8 Å². The second kappa shape index (κ2) is 5.06. The van der Waals surface area contributed by atoms with Gasteiger partial charge in [0.2, 0.25) is 0 Å². The molecule has 100 valence electrons. The van der Waals surface area contributed by atoms with E-state index in [1.165, 1.54) is 12.1 Å². The second-order valence-electron chi connectivity index (χ2n) is 5.28. The highest BCUT2D eigenvalue weighted by atomic mass is 35.5. The van der Waals surface area contributed by atoms with Crippen molar-refractivity contribution >= 4 is 23.2 Å². The lowest BCUT2D eigenvalue weighted by atomic mass is 9.95. The summed E-state index contributed by atoms with van der Waals surface area (Å²) in [7, 11) is 0. The molecule has 5 heteroatoms. The number of benzene rings is 1. The quantitative estimate of drug-likeness (QED) is 0.701. The minimum absolute atomic E-state index is 0.0598. The first-order chi connectivity index (χ1) is 8.77. The zero-order valence-electron chi connectivity index (χ0n) is 10.8. The van der Waals surface area contributed by atoms with Gasteiger partial charge in [-0.3, -0.25) is 0 Å². The Morgan fingerprint density at radius 3 is 2.32 bits per heavy atom. The molecular weight excluding hydrogens is 286 g/mol. The number of aromatic nitrogens is 2. The van der Waals surface area contributed by atoms with E-state index in [2.05, 4.69) is 9.97 Å². The predicted octanol–water partition coefficient (Wildman–Crippen LogP) is 4.89. The molecule has 0 N–H and O–H groups in total. The molecule has 0 atom stereocenters. The van der Waals surface area contributed by atoms with Crippen molar-refractivity contribution in [1.82, 2.24) is 9.97 Å². The van der Waals surface area contributed by atoms with E-state index >= 15 is 0 Å². The Labute approximate surface area is 121 Å². The van der Waals surface area contributed by atoms with Crippen LogP contribution < -0.4 is 0 Å².